The molecule has 0 amide bonds. The minimum atomic E-state index is 0.0942. The molecule has 0 aliphatic rings. The van der Waals surface area contributed by atoms with Crippen molar-refractivity contribution in [1.29, 1.82) is 0 Å². The lowest BCUT2D eigenvalue weighted by molar-refractivity contribution is 0.603. The zero-order valence-corrected chi connectivity index (χ0v) is 11.0. The lowest BCUT2D eigenvalue weighted by Gasteiger charge is -2.07. The summed E-state index contributed by atoms with van der Waals surface area (Å²) in [5, 5.41) is 6.31. The smallest absolute Gasteiger partial charge is 0.296 e. The molecular formula is C13H13N3OS. The van der Waals surface area contributed by atoms with Gasteiger partial charge in [0, 0.05) is 11.1 Å². The Balaban J connectivity index is 1.83. The molecule has 0 fully saturated rings. The number of aromatic nitrogens is 2. The molecule has 5 heteroatoms. The number of para-hydroxylation sites is 2. The molecule has 0 spiro atoms. The average Bonchev–Trinajstić information content (AvgIpc) is 2.94. The number of hydrogen-bond acceptors (Lipinski definition) is 5. The molecule has 0 saturated carbocycles. The van der Waals surface area contributed by atoms with Crippen LogP contribution in [0.25, 0.3) is 11.1 Å². The highest BCUT2D eigenvalue weighted by atomic mass is 32.1. The highest BCUT2D eigenvalue weighted by Crippen LogP contribution is 2.24. The molecule has 0 saturated heterocycles. The maximum Gasteiger partial charge on any atom is 0.296 e. The van der Waals surface area contributed by atoms with Crippen LogP contribution in [0.2, 0.25) is 0 Å². The minimum absolute atomic E-state index is 0.0942. The monoisotopic (exact) mass is 259 g/mol. The number of rotatable bonds is 3. The fraction of sp³-hybridized carbons (Fsp3) is 0.231. The average molecular weight is 259 g/mol. The van der Waals surface area contributed by atoms with E-state index in [-0.39, 0.29) is 6.04 Å². The molecule has 0 bridgehead atoms. The molecule has 92 valence electrons. The Hall–Kier alpha value is -1.88. The molecule has 3 aromatic rings. The second-order valence-electron chi connectivity index (χ2n) is 4.18. The molecular weight excluding hydrogens is 246 g/mol. The van der Waals surface area contributed by atoms with Crippen molar-refractivity contribution in [1.82, 2.24) is 9.97 Å². The second kappa shape index (κ2) is 4.42. The Morgan fingerprint density at radius 1 is 1.28 bits per heavy atom. The van der Waals surface area contributed by atoms with Crippen molar-refractivity contribution in [2.24, 2.45) is 0 Å². The van der Waals surface area contributed by atoms with E-state index in [4.69, 9.17) is 4.42 Å². The molecule has 3 rings (SSSR count). The van der Waals surface area contributed by atoms with Gasteiger partial charge >= 0.3 is 0 Å². The van der Waals surface area contributed by atoms with E-state index in [9.17, 15) is 0 Å². The van der Waals surface area contributed by atoms with Crippen molar-refractivity contribution < 1.29 is 4.42 Å². The Labute approximate surface area is 109 Å². The van der Waals surface area contributed by atoms with Gasteiger partial charge in [-0.3, -0.25) is 0 Å². The van der Waals surface area contributed by atoms with Crippen molar-refractivity contribution in [2.45, 2.75) is 19.9 Å². The zero-order valence-electron chi connectivity index (χ0n) is 10.2. The molecule has 1 N–H and O–H groups in total. The summed E-state index contributed by atoms with van der Waals surface area (Å²) >= 11 is 1.64. The largest absolute Gasteiger partial charge is 0.424 e. The topological polar surface area (TPSA) is 51.0 Å². The van der Waals surface area contributed by atoms with Gasteiger partial charge < -0.3 is 9.73 Å². The number of anilines is 1. The third-order valence-corrected chi connectivity index (χ3v) is 3.79. The summed E-state index contributed by atoms with van der Waals surface area (Å²) < 4.78 is 5.62. The van der Waals surface area contributed by atoms with Crippen molar-refractivity contribution in [2.75, 3.05) is 5.32 Å². The highest BCUT2D eigenvalue weighted by molar-refractivity contribution is 7.09. The molecule has 18 heavy (non-hydrogen) atoms. The van der Waals surface area contributed by atoms with Crippen LogP contribution in [0.1, 0.15) is 23.7 Å². The van der Waals surface area contributed by atoms with Crippen LogP contribution in [0.4, 0.5) is 6.01 Å². The van der Waals surface area contributed by atoms with Crippen LogP contribution >= 0.6 is 11.3 Å². The quantitative estimate of drug-likeness (QED) is 0.778. The van der Waals surface area contributed by atoms with E-state index in [1.54, 1.807) is 11.3 Å². The normalized spacial score (nSPS) is 12.8. The number of hydrogen-bond donors (Lipinski definition) is 1. The lowest BCUT2D eigenvalue weighted by atomic mass is 10.3. The lowest BCUT2D eigenvalue weighted by Crippen LogP contribution is -2.06. The van der Waals surface area contributed by atoms with Gasteiger partial charge in [-0.25, -0.2) is 4.98 Å². The van der Waals surface area contributed by atoms with Gasteiger partial charge in [-0.1, -0.05) is 12.1 Å². The van der Waals surface area contributed by atoms with E-state index >= 15 is 0 Å². The summed E-state index contributed by atoms with van der Waals surface area (Å²) in [6.45, 7) is 4.04. The number of aryl methyl sites for hydroxylation is 1. The van der Waals surface area contributed by atoms with E-state index in [1.807, 2.05) is 43.5 Å². The Morgan fingerprint density at radius 3 is 2.83 bits per heavy atom. The predicted octanol–water partition coefficient (Wildman–Crippen LogP) is 3.77. The van der Waals surface area contributed by atoms with Crippen LogP contribution < -0.4 is 5.32 Å². The molecule has 0 aliphatic carbocycles. The summed E-state index contributed by atoms with van der Waals surface area (Å²) in [5.74, 6) is 0. The number of nitrogens with zero attached hydrogens (tertiary/aromatic N) is 2. The number of nitrogens with one attached hydrogen (secondary N) is 1. The molecule has 0 aliphatic heterocycles. The maximum atomic E-state index is 5.62. The van der Waals surface area contributed by atoms with E-state index in [0.29, 0.717) is 6.01 Å². The van der Waals surface area contributed by atoms with Crippen LogP contribution in [0.5, 0.6) is 0 Å². The van der Waals surface area contributed by atoms with Gasteiger partial charge in [-0.05, 0) is 26.0 Å². The third kappa shape index (κ3) is 2.09. The van der Waals surface area contributed by atoms with Gasteiger partial charge in [-0.15, -0.1) is 11.3 Å². The SMILES string of the molecule is Cc1csc(C(C)Nc2nc3ccccc3o2)n1. The van der Waals surface area contributed by atoms with Gasteiger partial charge in [0.25, 0.3) is 6.01 Å². The van der Waals surface area contributed by atoms with E-state index in [2.05, 4.69) is 15.3 Å². The standard InChI is InChI=1S/C13H13N3OS/c1-8-7-18-12(14-8)9(2)15-13-16-10-5-3-4-6-11(10)17-13/h3-7,9H,1-2H3,(H,15,16). The fourth-order valence-corrected chi connectivity index (χ4v) is 2.56. The highest BCUT2D eigenvalue weighted by Gasteiger charge is 2.12. The van der Waals surface area contributed by atoms with Crippen molar-refractivity contribution >= 4 is 28.5 Å². The third-order valence-electron chi connectivity index (χ3n) is 2.64. The number of oxazole rings is 1. The number of fused-ring (bicyclic) bond motifs is 1. The van der Waals surface area contributed by atoms with E-state index in [0.717, 1.165) is 21.8 Å². The van der Waals surface area contributed by atoms with Crippen LogP contribution in [0.3, 0.4) is 0 Å². The van der Waals surface area contributed by atoms with Crippen LogP contribution in [-0.4, -0.2) is 9.97 Å². The number of thiazole rings is 1. The van der Waals surface area contributed by atoms with Crippen LogP contribution in [-0.2, 0) is 0 Å². The molecule has 2 heterocycles. The first-order valence-corrected chi connectivity index (χ1v) is 6.64. The Kier molecular flexibility index (Phi) is 2.76. The summed E-state index contributed by atoms with van der Waals surface area (Å²) in [6, 6.07) is 8.36. The summed E-state index contributed by atoms with van der Waals surface area (Å²) in [7, 11) is 0. The zero-order chi connectivity index (χ0) is 12.5. The molecule has 2 aromatic heterocycles. The maximum absolute atomic E-state index is 5.62. The first kappa shape index (κ1) is 11.2. The van der Waals surface area contributed by atoms with Crippen molar-refractivity contribution in [3.63, 3.8) is 0 Å². The predicted molar refractivity (Wildman–Crippen MR) is 72.9 cm³/mol. The van der Waals surface area contributed by atoms with E-state index in [1.165, 1.54) is 0 Å². The summed E-state index contributed by atoms with van der Waals surface area (Å²) in [6.07, 6.45) is 0. The number of benzene rings is 1. The van der Waals surface area contributed by atoms with Gasteiger partial charge in [0.05, 0.1) is 6.04 Å². The molecule has 1 aromatic carbocycles. The molecule has 1 unspecified atom stereocenters. The Morgan fingerprint density at radius 2 is 2.11 bits per heavy atom. The van der Waals surface area contributed by atoms with Crippen LogP contribution in [0, 0.1) is 6.92 Å². The van der Waals surface area contributed by atoms with Crippen molar-refractivity contribution in [3.05, 3.63) is 40.3 Å². The molecule has 1 atom stereocenters. The van der Waals surface area contributed by atoms with Crippen LogP contribution in [0.15, 0.2) is 34.1 Å². The molecule has 4 nitrogen and oxygen atoms in total. The molecule has 0 radical (unpaired) electrons. The Bertz CT molecular complexity index is 640. The van der Waals surface area contributed by atoms with E-state index < -0.39 is 0 Å². The van der Waals surface area contributed by atoms with Gasteiger partial charge in [0.2, 0.25) is 0 Å². The first-order chi connectivity index (χ1) is 8.72. The van der Waals surface area contributed by atoms with Crippen molar-refractivity contribution in [3.8, 4) is 0 Å². The second-order valence-corrected chi connectivity index (χ2v) is 5.07. The first-order valence-electron chi connectivity index (χ1n) is 5.76. The van der Waals surface area contributed by atoms with Gasteiger partial charge in [-0.2, -0.15) is 4.98 Å². The summed E-state index contributed by atoms with van der Waals surface area (Å²) in [5.41, 5.74) is 2.70. The fourth-order valence-electron chi connectivity index (χ4n) is 1.75. The minimum Gasteiger partial charge on any atom is -0.424 e. The van der Waals surface area contributed by atoms with Gasteiger partial charge in [0.15, 0.2) is 5.58 Å². The van der Waals surface area contributed by atoms with Gasteiger partial charge in [0.1, 0.15) is 10.5 Å². The summed E-state index contributed by atoms with van der Waals surface area (Å²) in [4.78, 5) is 8.83.